The Bertz CT molecular complexity index is 1520. The van der Waals surface area contributed by atoms with Gasteiger partial charge in [0.25, 0.3) is 0 Å². The highest BCUT2D eigenvalue weighted by Crippen LogP contribution is 2.24. The molecule has 12 heteroatoms. The molecule has 1 aliphatic heterocycles. The minimum absolute atomic E-state index is 0.118. The standard InChI is InChI=1S/C31H40FN9O2/c1-5-16-33-29-22(21-35-31(37-29)36-23-14-15-25-24(20-23)28(32)38-40(25)4)11-7-6-8-17-34-30(43)26-12-9-19-41(26)27(42)13-10-18-39(2)3/h10,13-15,20-21,26H,5-6,8-9,12,16-19H2,1-4H3,(H,34,43)(H2,33,35,36,37)/t26-/m0/s1. The minimum Gasteiger partial charge on any atom is -0.369 e. The van der Waals surface area contributed by atoms with Gasteiger partial charge in [-0.15, -0.1) is 5.10 Å². The fraction of sp³-hybridized carbons (Fsp3) is 0.452. The summed E-state index contributed by atoms with van der Waals surface area (Å²) in [5.41, 5.74) is 2.01. The molecule has 0 saturated carbocycles. The van der Waals surface area contributed by atoms with E-state index in [1.165, 1.54) is 4.68 Å². The molecule has 43 heavy (non-hydrogen) atoms. The van der Waals surface area contributed by atoms with Gasteiger partial charge in [-0.25, -0.2) is 4.98 Å². The van der Waals surface area contributed by atoms with Gasteiger partial charge in [-0.1, -0.05) is 24.8 Å². The maximum Gasteiger partial charge on any atom is 0.246 e. The molecule has 0 spiro atoms. The minimum atomic E-state index is -0.531. The molecule has 0 aliphatic carbocycles. The summed E-state index contributed by atoms with van der Waals surface area (Å²) < 4.78 is 15.6. The van der Waals surface area contributed by atoms with Crippen molar-refractivity contribution in [3.05, 3.63) is 48.1 Å². The van der Waals surface area contributed by atoms with E-state index in [-0.39, 0.29) is 11.8 Å². The summed E-state index contributed by atoms with van der Waals surface area (Å²) in [6.07, 6.45) is 8.68. The zero-order valence-corrected chi connectivity index (χ0v) is 25.3. The lowest BCUT2D eigenvalue weighted by atomic mass is 10.2. The molecule has 0 radical (unpaired) electrons. The first-order chi connectivity index (χ1) is 20.8. The number of unbranched alkanes of at least 4 members (excludes halogenated alkanes) is 1. The number of hydrogen-bond donors (Lipinski definition) is 3. The van der Waals surface area contributed by atoms with Crippen LogP contribution >= 0.6 is 0 Å². The summed E-state index contributed by atoms with van der Waals surface area (Å²) >= 11 is 0. The Labute approximate surface area is 251 Å². The summed E-state index contributed by atoms with van der Waals surface area (Å²) in [6.45, 7) is 4.53. The van der Waals surface area contributed by atoms with Gasteiger partial charge in [0.05, 0.1) is 22.7 Å². The molecule has 3 heterocycles. The molecular formula is C31H40FN9O2. The number of benzene rings is 1. The molecule has 1 fully saturated rings. The van der Waals surface area contributed by atoms with E-state index in [9.17, 15) is 14.0 Å². The summed E-state index contributed by atoms with van der Waals surface area (Å²) in [5.74, 6) is 6.49. The van der Waals surface area contributed by atoms with E-state index >= 15 is 0 Å². The summed E-state index contributed by atoms with van der Waals surface area (Å²) in [5, 5.41) is 13.6. The van der Waals surface area contributed by atoms with E-state index in [1.807, 2.05) is 31.1 Å². The first-order valence-corrected chi connectivity index (χ1v) is 14.7. The quantitative estimate of drug-likeness (QED) is 0.167. The van der Waals surface area contributed by atoms with Crippen LogP contribution in [-0.2, 0) is 16.6 Å². The van der Waals surface area contributed by atoms with Crippen LogP contribution in [0.4, 0.5) is 21.8 Å². The molecule has 0 unspecified atom stereocenters. The highest BCUT2D eigenvalue weighted by atomic mass is 19.1. The molecular weight excluding hydrogens is 549 g/mol. The van der Waals surface area contributed by atoms with Crippen molar-refractivity contribution in [3.8, 4) is 11.8 Å². The van der Waals surface area contributed by atoms with Gasteiger partial charge in [0, 0.05) is 51.4 Å². The molecule has 228 valence electrons. The van der Waals surface area contributed by atoms with Gasteiger partial charge < -0.3 is 25.8 Å². The fourth-order valence-electron chi connectivity index (χ4n) is 4.77. The lowest BCUT2D eigenvalue weighted by Crippen LogP contribution is -2.45. The Hall–Kier alpha value is -4.50. The van der Waals surface area contributed by atoms with Crippen molar-refractivity contribution >= 4 is 40.2 Å². The number of anilines is 3. The number of amides is 2. The Morgan fingerprint density at radius 1 is 1.26 bits per heavy atom. The maximum atomic E-state index is 14.1. The third kappa shape index (κ3) is 8.51. The first-order valence-electron chi connectivity index (χ1n) is 14.7. The molecule has 0 bridgehead atoms. The van der Waals surface area contributed by atoms with Crippen LogP contribution in [0.5, 0.6) is 0 Å². The molecule has 2 aromatic heterocycles. The van der Waals surface area contributed by atoms with Gasteiger partial charge in [-0.05, 0) is 58.0 Å². The monoisotopic (exact) mass is 589 g/mol. The number of carbonyl (C=O) groups is 2. The van der Waals surface area contributed by atoms with E-state index in [0.29, 0.717) is 72.8 Å². The van der Waals surface area contributed by atoms with Crippen LogP contribution in [0.15, 0.2) is 36.5 Å². The Kier molecular flexibility index (Phi) is 11.0. The van der Waals surface area contributed by atoms with Crippen LogP contribution in [0.25, 0.3) is 10.9 Å². The molecule has 2 amide bonds. The van der Waals surface area contributed by atoms with Gasteiger partial charge >= 0.3 is 0 Å². The number of likely N-dealkylation sites (tertiary alicyclic amines) is 1. The highest BCUT2D eigenvalue weighted by molar-refractivity contribution is 5.93. The number of nitrogens with zero attached hydrogens (tertiary/aromatic N) is 6. The van der Waals surface area contributed by atoms with E-state index in [2.05, 4.69) is 49.8 Å². The molecule has 1 atom stereocenters. The highest BCUT2D eigenvalue weighted by Gasteiger charge is 2.32. The van der Waals surface area contributed by atoms with Crippen molar-refractivity contribution in [2.45, 2.75) is 45.1 Å². The predicted molar refractivity (Wildman–Crippen MR) is 166 cm³/mol. The second-order valence-electron chi connectivity index (χ2n) is 10.7. The largest absolute Gasteiger partial charge is 0.369 e. The van der Waals surface area contributed by atoms with Gasteiger partial charge in [0.2, 0.25) is 23.7 Å². The lowest BCUT2D eigenvalue weighted by Gasteiger charge is -2.22. The van der Waals surface area contributed by atoms with Gasteiger partial charge in [-0.3, -0.25) is 14.3 Å². The normalized spacial score (nSPS) is 14.7. The smallest absolute Gasteiger partial charge is 0.246 e. The summed E-state index contributed by atoms with van der Waals surface area (Å²) in [7, 11) is 5.57. The fourth-order valence-corrected chi connectivity index (χ4v) is 4.77. The number of aryl methyl sites for hydroxylation is 1. The number of halogens is 1. The average molecular weight is 590 g/mol. The average Bonchev–Trinajstić information content (AvgIpc) is 3.58. The van der Waals surface area contributed by atoms with E-state index < -0.39 is 12.0 Å². The van der Waals surface area contributed by atoms with Crippen LogP contribution in [0.3, 0.4) is 0 Å². The van der Waals surface area contributed by atoms with Gasteiger partial charge in [-0.2, -0.15) is 9.37 Å². The third-order valence-corrected chi connectivity index (χ3v) is 6.96. The lowest BCUT2D eigenvalue weighted by molar-refractivity contribution is -0.135. The third-order valence-electron chi connectivity index (χ3n) is 6.96. The second kappa shape index (κ2) is 15.1. The Morgan fingerprint density at radius 2 is 2.09 bits per heavy atom. The van der Waals surface area contributed by atoms with E-state index in [1.54, 1.807) is 36.4 Å². The Morgan fingerprint density at radius 3 is 2.88 bits per heavy atom. The SMILES string of the molecule is CCCNc1nc(Nc2ccc3c(c2)c(F)nn3C)ncc1C#CCCCNC(=O)[C@@H]1CCCN1C(=O)C=CCN(C)C. The van der Waals surface area contributed by atoms with Gasteiger partial charge in [0.1, 0.15) is 11.9 Å². The summed E-state index contributed by atoms with van der Waals surface area (Å²) in [4.78, 5) is 37.9. The van der Waals surface area contributed by atoms with Crippen molar-refractivity contribution in [1.82, 2.24) is 34.9 Å². The Balaban J connectivity index is 1.30. The van der Waals surface area contributed by atoms with Crippen LogP contribution in [0, 0.1) is 17.8 Å². The molecule has 4 rings (SSSR count). The van der Waals surface area contributed by atoms with Crippen molar-refractivity contribution in [3.63, 3.8) is 0 Å². The summed E-state index contributed by atoms with van der Waals surface area (Å²) in [6, 6.07) is 4.87. The van der Waals surface area contributed by atoms with E-state index in [4.69, 9.17) is 0 Å². The second-order valence-corrected chi connectivity index (χ2v) is 10.7. The van der Waals surface area contributed by atoms with Crippen molar-refractivity contribution in [2.24, 2.45) is 7.05 Å². The number of aromatic nitrogens is 4. The number of nitrogens with one attached hydrogen (secondary N) is 3. The number of likely N-dealkylation sites (N-methyl/N-ethyl adjacent to an activating group) is 1. The molecule has 11 nitrogen and oxygen atoms in total. The predicted octanol–water partition coefficient (Wildman–Crippen LogP) is 3.42. The first kappa shape index (κ1) is 31.4. The maximum absolute atomic E-state index is 14.1. The van der Waals surface area contributed by atoms with E-state index in [0.717, 1.165) is 19.4 Å². The number of rotatable bonds is 12. The molecule has 1 aliphatic rings. The topological polar surface area (TPSA) is 120 Å². The molecule has 1 saturated heterocycles. The molecule has 3 aromatic rings. The number of carbonyl (C=O) groups excluding carboxylic acids is 2. The van der Waals surface area contributed by atoms with Crippen molar-refractivity contribution in [2.75, 3.05) is 50.9 Å². The zero-order valence-electron chi connectivity index (χ0n) is 25.3. The molecule has 3 N–H and O–H groups in total. The van der Waals surface area contributed by atoms with Crippen molar-refractivity contribution in [1.29, 1.82) is 0 Å². The van der Waals surface area contributed by atoms with Crippen molar-refractivity contribution < 1.29 is 14.0 Å². The number of hydrogen-bond acceptors (Lipinski definition) is 8. The molecule has 1 aromatic carbocycles. The number of fused-ring (bicyclic) bond motifs is 1. The van der Waals surface area contributed by atoms with Crippen LogP contribution in [0.1, 0.15) is 44.6 Å². The van der Waals surface area contributed by atoms with Gasteiger partial charge in [0.15, 0.2) is 0 Å². The van der Waals surface area contributed by atoms with Crippen LogP contribution in [-0.4, -0.2) is 87.7 Å². The van der Waals surface area contributed by atoms with Crippen LogP contribution in [0.2, 0.25) is 0 Å². The zero-order chi connectivity index (χ0) is 30.8. The van der Waals surface area contributed by atoms with Crippen LogP contribution < -0.4 is 16.0 Å².